The first-order chi connectivity index (χ1) is 8.09. The summed E-state index contributed by atoms with van der Waals surface area (Å²) in [6.45, 7) is 5.77. The van der Waals surface area contributed by atoms with Crippen LogP contribution in [0.2, 0.25) is 0 Å². The molecule has 96 valence electrons. The molecule has 1 rings (SSSR count). The molecule has 0 aliphatic rings. The molecule has 0 heterocycles. The predicted octanol–water partition coefficient (Wildman–Crippen LogP) is 2.00. The molecule has 1 atom stereocenters. The van der Waals surface area contributed by atoms with Crippen LogP contribution in [0.15, 0.2) is 30.3 Å². The number of nitrogens with two attached hydrogens (primary N) is 1. The van der Waals surface area contributed by atoms with E-state index in [0.717, 1.165) is 25.1 Å². The van der Waals surface area contributed by atoms with Crippen molar-refractivity contribution in [2.24, 2.45) is 5.73 Å². The standard InChI is InChI=1S/C14H24N2O/c1-3-4-10-16(12-14(2,17)11-15)13-8-6-5-7-9-13/h5-9,17H,3-4,10-12,15H2,1-2H3. The maximum absolute atomic E-state index is 10.1. The van der Waals surface area contributed by atoms with E-state index in [9.17, 15) is 5.11 Å². The van der Waals surface area contributed by atoms with Gasteiger partial charge in [0.25, 0.3) is 0 Å². The van der Waals surface area contributed by atoms with Crippen LogP contribution in [-0.4, -0.2) is 30.3 Å². The third kappa shape index (κ3) is 4.75. The van der Waals surface area contributed by atoms with Crippen LogP contribution >= 0.6 is 0 Å². The van der Waals surface area contributed by atoms with Gasteiger partial charge >= 0.3 is 0 Å². The average molecular weight is 236 g/mol. The highest BCUT2D eigenvalue weighted by Gasteiger charge is 2.22. The number of hydrogen-bond acceptors (Lipinski definition) is 3. The van der Waals surface area contributed by atoms with E-state index < -0.39 is 5.60 Å². The molecule has 0 aliphatic heterocycles. The first-order valence-corrected chi connectivity index (χ1v) is 6.31. The van der Waals surface area contributed by atoms with E-state index in [4.69, 9.17) is 5.73 Å². The van der Waals surface area contributed by atoms with Crippen LogP contribution in [0.4, 0.5) is 5.69 Å². The molecule has 0 saturated heterocycles. The molecular formula is C14H24N2O. The van der Waals surface area contributed by atoms with E-state index in [2.05, 4.69) is 24.0 Å². The number of nitrogens with zero attached hydrogens (tertiary/aromatic N) is 1. The van der Waals surface area contributed by atoms with Crippen molar-refractivity contribution in [1.29, 1.82) is 0 Å². The number of rotatable bonds is 7. The Balaban J connectivity index is 2.74. The number of benzene rings is 1. The van der Waals surface area contributed by atoms with Crippen molar-refractivity contribution in [2.75, 3.05) is 24.5 Å². The van der Waals surface area contributed by atoms with Crippen molar-refractivity contribution in [2.45, 2.75) is 32.3 Å². The summed E-state index contributed by atoms with van der Waals surface area (Å²) in [6, 6.07) is 10.2. The number of unbranched alkanes of at least 4 members (excludes halogenated alkanes) is 1. The molecule has 0 saturated carbocycles. The van der Waals surface area contributed by atoms with Crippen molar-refractivity contribution >= 4 is 5.69 Å². The van der Waals surface area contributed by atoms with E-state index >= 15 is 0 Å². The highest BCUT2D eigenvalue weighted by Crippen LogP contribution is 2.17. The lowest BCUT2D eigenvalue weighted by Gasteiger charge is -2.32. The van der Waals surface area contributed by atoms with Crippen LogP contribution in [0.5, 0.6) is 0 Å². The average Bonchev–Trinajstić information content (AvgIpc) is 2.35. The van der Waals surface area contributed by atoms with Crippen molar-refractivity contribution in [3.05, 3.63) is 30.3 Å². The smallest absolute Gasteiger partial charge is 0.0915 e. The van der Waals surface area contributed by atoms with E-state index in [1.54, 1.807) is 6.92 Å². The van der Waals surface area contributed by atoms with E-state index in [-0.39, 0.29) is 6.54 Å². The SMILES string of the molecule is CCCCN(CC(C)(O)CN)c1ccccc1. The Labute approximate surface area is 104 Å². The zero-order valence-electron chi connectivity index (χ0n) is 10.9. The van der Waals surface area contributed by atoms with Gasteiger partial charge in [0.1, 0.15) is 0 Å². The largest absolute Gasteiger partial charge is 0.387 e. The van der Waals surface area contributed by atoms with Gasteiger partial charge in [-0.2, -0.15) is 0 Å². The number of hydrogen-bond donors (Lipinski definition) is 2. The molecule has 0 radical (unpaired) electrons. The molecule has 3 heteroatoms. The quantitative estimate of drug-likeness (QED) is 0.761. The van der Waals surface area contributed by atoms with Gasteiger partial charge in [-0.15, -0.1) is 0 Å². The third-order valence-electron chi connectivity index (χ3n) is 2.87. The minimum absolute atomic E-state index is 0.280. The van der Waals surface area contributed by atoms with E-state index in [1.807, 2.05) is 18.2 Å². The zero-order chi connectivity index (χ0) is 12.7. The Morgan fingerprint density at radius 3 is 2.47 bits per heavy atom. The van der Waals surface area contributed by atoms with Gasteiger partial charge in [-0.25, -0.2) is 0 Å². The highest BCUT2D eigenvalue weighted by molar-refractivity contribution is 5.46. The maximum atomic E-state index is 10.1. The van der Waals surface area contributed by atoms with E-state index in [1.165, 1.54) is 0 Å². The van der Waals surface area contributed by atoms with Crippen molar-refractivity contribution in [3.63, 3.8) is 0 Å². The third-order valence-corrected chi connectivity index (χ3v) is 2.87. The Morgan fingerprint density at radius 2 is 1.94 bits per heavy atom. The second-order valence-electron chi connectivity index (χ2n) is 4.81. The predicted molar refractivity (Wildman–Crippen MR) is 73.2 cm³/mol. The lowest BCUT2D eigenvalue weighted by Crippen LogP contribution is -2.46. The van der Waals surface area contributed by atoms with Crippen molar-refractivity contribution < 1.29 is 5.11 Å². The Bertz CT molecular complexity index is 311. The van der Waals surface area contributed by atoms with Crippen LogP contribution in [0, 0.1) is 0 Å². The lowest BCUT2D eigenvalue weighted by atomic mass is 10.1. The topological polar surface area (TPSA) is 49.5 Å². The molecule has 0 aromatic heterocycles. The van der Waals surface area contributed by atoms with Crippen LogP contribution in [0.1, 0.15) is 26.7 Å². The molecule has 0 spiro atoms. The van der Waals surface area contributed by atoms with Gasteiger partial charge in [0.15, 0.2) is 0 Å². The van der Waals surface area contributed by atoms with Crippen LogP contribution in [0.3, 0.4) is 0 Å². The van der Waals surface area contributed by atoms with Crippen LogP contribution in [0.25, 0.3) is 0 Å². The van der Waals surface area contributed by atoms with Gasteiger partial charge < -0.3 is 15.7 Å². The van der Waals surface area contributed by atoms with Crippen LogP contribution < -0.4 is 10.6 Å². The second kappa shape index (κ2) is 6.62. The number of anilines is 1. The number of aliphatic hydroxyl groups is 1. The minimum atomic E-state index is -0.830. The maximum Gasteiger partial charge on any atom is 0.0915 e. The Hall–Kier alpha value is -1.06. The Morgan fingerprint density at radius 1 is 1.29 bits per heavy atom. The monoisotopic (exact) mass is 236 g/mol. The summed E-state index contributed by atoms with van der Waals surface area (Å²) >= 11 is 0. The molecule has 3 nitrogen and oxygen atoms in total. The summed E-state index contributed by atoms with van der Waals surface area (Å²) in [7, 11) is 0. The molecule has 17 heavy (non-hydrogen) atoms. The van der Waals surface area contributed by atoms with Gasteiger partial charge in [-0.1, -0.05) is 31.5 Å². The summed E-state index contributed by atoms with van der Waals surface area (Å²) < 4.78 is 0. The van der Waals surface area contributed by atoms with Crippen molar-refractivity contribution in [1.82, 2.24) is 0 Å². The molecule has 1 aromatic carbocycles. The first-order valence-electron chi connectivity index (χ1n) is 6.31. The fraction of sp³-hybridized carbons (Fsp3) is 0.571. The van der Waals surface area contributed by atoms with Gasteiger partial charge in [-0.05, 0) is 25.5 Å². The fourth-order valence-corrected chi connectivity index (χ4v) is 1.76. The van der Waals surface area contributed by atoms with Gasteiger partial charge in [0.2, 0.25) is 0 Å². The van der Waals surface area contributed by atoms with Crippen LogP contribution in [-0.2, 0) is 0 Å². The van der Waals surface area contributed by atoms with Gasteiger partial charge in [0.05, 0.1) is 5.60 Å². The molecular weight excluding hydrogens is 212 g/mol. The lowest BCUT2D eigenvalue weighted by molar-refractivity contribution is 0.0759. The van der Waals surface area contributed by atoms with E-state index in [0.29, 0.717) is 6.54 Å². The number of para-hydroxylation sites is 1. The Kier molecular flexibility index (Phi) is 5.45. The van der Waals surface area contributed by atoms with Gasteiger partial charge in [0, 0.05) is 25.3 Å². The molecule has 0 bridgehead atoms. The molecule has 0 amide bonds. The minimum Gasteiger partial charge on any atom is -0.387 e. The first kappa shape index (κ1) is 14.0. The summed E-state index contributed by atoms with van der Waals surface area (Å²) in [5, 5.41) is 10.1. The summed E-state index contributed by atoms with van der Waals surface area (Å²) in [5.41, 5.74) is 5.90. The summed E-state index contributed by atoms with van der Waals surface area (Å²) in [6.07, 6.45) is 2.27. The molecule has 1 unspecified atom stereocenters. The molecule has 3 N–H and O–H groups in total. The summed E-state index contributed by atoms with van der Waals surface area (Å²) in [5.74, 6) is 0. The normalized spacial score (nSPS) is 14.4. The molecule has 0 fully saturated rings. The second-order valence-corrected chi connectivity index (χ2v) is 4.81. The fourth-order valence-electron chi connectivity index (χ4n) is 1.76. The highest BCUT2D eigenvalue weighted by atomic mass is 16.3. The molecule has 0 aliphatic carbocycles. The van der Waals surface area contributed by atoms with Crippen molar-refractivity contribution in [3.8, 4) is 0 Å². The summed E-state index contributed by atoms with van der Waals surface area (Å²) in [4.78, 5) is 2.20. The zero-order valence-corrected chi connectivity index (χ0v) is 10.9. The van der Waals surface area contributed by atoms with Gasteiger partial charge in [-0.3, -0.25) is 0 Å². The molecule has 1 aromatic rings.